The average Bonchev–Trinajstić information content (AvgIpc) is 2.48. The number of nitrogens with zero attached hydrogens (tertiary/aromatic N) is 3. The first-order valence-electron chi connectivity index (χ1n) is 6.36. The third-order valence-corrected chi connectivity index (χ3v) is 3.21. The molecule has 2 amide bonds. The van der Waals surface area contributed by atoms with Gasteiger partial charge >= 0.3 is 6.03 Å². The van der Waals surface area contributed by atoms with Crippen LogP contribution in [0.1, 0.15) is 24.8 Å². The number of carbonyl (C=O) groups excluding carboxylic acids is 1. The van der Waals surface area contributed by atoms with Crippen molar-refractivity contribution in [3.63, 3.8) is 0 Å². The van der Waals surface area contributed by atoms with E-state index >= 15 is 0 Å². The molecule has 0 radical (unpaired) electrons. The lowest BCUT2D eigenvalue weighted by atomic mass is 10.1. The van der Waals surface area contributed by atoms with E-state index in [-0.39, 0.29) is 23.0 Å². The number of likely N-dealkylation sites (tertiary alicyclic amines) is 1. The van der Waals surface area contributed by atoms with Gasteiger partial charge in [-0.25, -0.2) is 4.79 Å². The number of nitriles is 1. The fourth-order valence-electron chi connectivity index (χ4n) is 2.15. The van der Waals surface area contributed by atoms with Crippen molar-refractivity contribution in [2.75, 3.05) is 18.4 Å². The summed E-state index contributed by atoms with van der Waals surface area (Å²) < 4.78 is 0. The van der Waals surface area contributed by atoms with Crippen LogP contribution in [0.2, 0.25) is 0 Å². The molecule has 0 atom stereocenters. The Bertz CT molecular complexity index is 573. The van der Waals surface area contributed by atoms with Gasteiger partial charge in [0.15, 0.2) is 0 Å². The molecular weight excluding hydrogens is 260 g/mol. The summed E-state index contributed by atoms with van der Waals surface area (Å²) in [5.74, 6) is 0. The topological polar surface area (TPSA) is 99.3 Å². The lowest BCUT2D eigenvalue weighted by Gasteiger charge is -2.26. The second-order valence-electron chi connectivity index (χ2n) is 4.58. The monoisotopic (exact) mass is 274 g/mol. The van der Waals surface area contributed by atoms with Gasteiger partial charge in [-0.05, 0) is 31.4 Å². The normalized spacial score (nSPS) is 14.4. The van der Waals surface area contributed by atoms with Crippen LogP contribution in [-0.2, 0) is 0 Å². The van der Waals surface area contributed by atoms with Crippen LogP contribution in [0.5, 0.6) is 0 Å². The molecule has 1 aromatic rings. The Morgan fingerprint density at radius 1 is 1.35 bits per heavy atom. The Hall–Kier alpha value is -2.62. The van der Waals surface area contributed by atoms with Gasteiger partial charge in [0.25, 0.3) is 5.69 Å². The molecule has 1 saturated heterocycles. The summed E-state index contributed by atoms with van der Waals surface area (Å²) in [7, 11) is 0. The number of carbonyl (C=O) groups is 1. The number of rotatable bonds is 2. The average molecular weight is 274 g/mol. The Kier molecular flexibility index (Phi) is 4.15. The molecule has 1 aliphatic rings. The van der Waals surface area contributed by atoms with Gasteiger partial charge in [0.05, 0.1) is 16.6 Å². The molecule has 104 valence electrons. The summed E-state index contributed by atoms with van der Waals surface area (Å²) >= 11 is 0. The summed E-state index contributed by atoms with van der Waals surface area (Å²) in [5.41, 5.74) is 0.0339. The van der Waals surface area contributed by atoms with Gasteiger partial charge < -0.3 is 10.2 Å². The second kappa shape index (κ2) is 6.02. The minimum absolute atomic E-state index is 0.115. The zero-order valence-electron chi connectivity index (χ0n) is 10.8. The predicted octanol–water partition coefficient (Wildman–Crippen LogP) is 2.48. The van der Waals surface area contributed by atoms with Crippen molar-refractivity contribution in [3.05, 3.63) is 33.9 Å². The molecule has 7 heteroatoms. The summed E-state index contributed by atoms with van der Waals surface area (Å²) in [6, 6.07) is 5.49. The number of nitrogens with one attached hydrogen (secondary N) is 1. The maximum absolute atomic E-state index is 12.0. The Morgan fingerprint density at radius 2 is 2.05 bits per heavy atom. The first-order valence-corrected chi connectivity index (χ1v) is 6.36. The molecule has 20 heavy (non-hydrogen) atoms. The van der Waals surface area contributed by atoms with E-state index in [1.807, 2.05) is 6.07 Å². The molecule has 0 bridgehead atoms. The van der Waals surface area contributed by atoms with E-state index < -0.39 is 4.92 Å². The third kappa shape index (κ3) is 3.03. The highest BCUT2D eigenvalue weighted by molar-refractivity contribution is 5.92. The van der Waals surface area contributed by atoms with E-state index in [1.165, 1.54) is 12.1 Å². The van der Waals surface area contributed by atoms with Crippen LogP contribution in [0, 0.1) is 21.4 Å². The molecule has 0 saturated carbocycles. The van der Waals surface area contributed by atoms with Crippen molar-refractivity contribution < 1.29 is 9.72 Å². The fourth-order valence-corrected chi connectivity index (χ4v) is 2.15. The maximum atomic E-state index is 12.0. The molecule has 1 aliphatic heterocycles. The predicted molar refractivity (Wildman–Crippen MR) is 72.3 cm³/mol. The highest BCUT2D eigenvalue weighted by Crippen LogP contribution is 2.26. The van der Waals surface area contributed by atoms with Gasteiger partial charge in [-0.15, -0.1) is 0 Å². The molecule has 1 heterocycles. The van der Waals surface area contributed by atoms with Gasteiger partial charge in [0.2, 0.25) is 0 Å². The minimum atomic E-state index is -0.605. The molecule has 1 N–H and O–H groups in total. The largest absolute Gasteiger partial charge is 0.325 e. The van der Waals surface area contributed by atoms with Crippen molar-refractivity contribution in [3.8, 4) is 6.07 Å². The van der Waals surface area contributed by atoms with Gasteiger partial charge in [-0.1, -0.05) is 0 Å². The first-order chi connectivity index (χ1) is 9.61. The SMILES string of the molecule is N#Cc1ccc(NC(=O)N2CCCCC2)c([N+](=O)[O-])c1. The van der Waals surface area contributed by atoms with Crippen LogP contribution in [0.3, 0.4) is 0 Å². The zero-order chi connectivity index (χ0) is 14.5. The van der Waals surface area contributed by atoms with Crippen molar-refractivity contribution >= 4 is 17.4 Å². The molecule has 0 unspecified atom stereocenters. The Balaban J connectivity index is 2.18. The van der Waals surface area contributed by atoms with Crippen molar-refractivity contribution in [2.24, 2.45) is 0 Å². The lowest BCUT2D eigenvalue weighted by molar-refractivity contribution is -0.383. The number of piperidine rings is 1. The molecule has 7 nitrogen and oxygen atoms in total. The smallest absolute Gasteiger partial charge is 0.322 e. The van der Waals surface area contributed by atoms with Crippen molar-refractivity contribution in [1.82, 2.24) is 4.90 Å². The van der Waals surface area contributed by atoms with E-state index in [4.69, 9.17) is 5.26 Å². The van der Waals surface area contributed by atoms with Crippen LogP contribution >= 0.6 is 0 Å². The lowest BCUT2D eigenvalue weighted by Crippen LogP contribution is -2.38. The number of nitro benzene ring substituents is 1. The third-order valence-electron chi connectivity index (χ3n) is 3.21. The molecule has 2 rings (SSSR count). The van der Waals surface area contributed by atoms with E-state index in [9.17, 15) is 14.9 Å². The number of hydrogen-bond donors (Lipinski definition) is 1. The van der Waals surface area contributed by atoms with Crippen molar-refractivity contribution in [2.45, 2.75) is 19.3 Å². The summed E-state index contributed by atoms with van der Waals surface area (Å²) in [4.78, 5) is 24.0. The van der Waals surface area contributed by atoms with Gasteiger partial charge in [-0.2, -0.15) is 5.26 Å². The van der Waals surface area contributed by atoms with Crippen LogP contribution in [-0.4, -0.2) is 28.9 Å². The first kappa shape index (κ1) is 13.8. The second-order valence-corrected chi connectivity index (χ2v) is 4.58. The van der Waals surface area contributed by atoms with Gasteiger partial charge in [0.1, 0.15) is 5.69 Å². The molecule has 0 aromatic heterocycles. The minimum Gasteiger partial charge on any atom is -0.325 e. The number of amides is 2. The molecule has 0 spiro atoms. The van der Waals surface area contributed by atoms with E-state index in [2.05, 4.69) is 5.32 Å². The quantitative estimate of drug-likeness (QED) is 0.661. The summed E-state index contributed by atoms with van der Waals surface area (Å²) in [6.07, 6.45) is 2.99. The van der Waals surface area contributed by atoms with Crippen LogP contribution in [0.4, 0.5) is 16.2 Å². The molecule has 1 aromatic carbocycles. The highest BCUT2D eigenvalue weighted by Gasteiger charge is 2.21. The number of nitro groups is 1. The maximum Gasteiger partial charge on any atom is 0.322 e. The van der Waals surface area contributed by atoms with Crippen LogP contribution in [0.25, 0.3) is 0 Å². The number of anilines is 1. The fraction of sp³-hybridized carbons (Fsp3) is 0.385. The van der Waals surface area contributed by atoms with Crippen molar-refractivity contribution in [1.29, 1.82) is 5.26 Å². The van der Waals surface area contributed by atoms with E-state index in [0.717, 1.165) is 25.3 Å². The van der Waals surface area contributed by atoms with Crippen LogP contribution < -0.4 is 5.32 Å². The van der Waals surface area contributed by atoms with Crippen LogP contribution in [0.15, 0.2) is 18.2 Å². The Morgan fingerprint density at radius 3 is 2.65 bits per heavy atom. The zero-order valence-corrected chi connectivity index (χ0v) is 10.8. The van der Waals surface area contributed by atoms with E-state index in [1.54, 1.807) is 4.90 Å². The standard InChI is InChI=1S/C13H14N4O3/c14-9-10-4-5-11(12(8-10)17(19)20)15-13(18)16-6-2-1-3-7-16/h4-5,8H,1-3,6-7H2,(H,15,18). The number of urea groups is 1. The van der Waals surface area contributed by atoms with Gasteiger partial charge in [0, 0.05) is 19.2 Å². The summed E-state index contributed by atoms with van der Waals surface area (Å²) in [5, 5.41) is 22.3. The number of hydrogen-bond acceptors (Lipinski definition) is 4. The van der Waals surface area contributed by atoms with E-state index in [0.29, 0.717) is 13.1 Å². The molecule has 1 fully saturated rings. The molecular formula is C13H14N4O3. The highest BCUT2D eigenvalue weighted by atomic mass is 16.6. The van der Waals surface area contributed by atoms with Gasteiger partial charge in [-0.3, -0.25) is 10.1 Å². The summed E-state index contributed by atoms with van der Waals surface area (Å²) in [6.45, 7) is 1.33. The number of benzene rings is 1. The Labute approximate surface area is 115 Å². The molecule has 0 aliphatic carbocycles.